The molecule has 0 saturated heterocycles. The Hall–Kier alpha value is -3.19. The molecule has 0 unspecified atom stereocenters. The first-order valence-corrected chi connectivity index (χ1v) is 10.7. The molecule has 7 heteroatoms. The van der Waals surface area contributed by atoms with Gasteiger partial charge in [-0.25, -0.2) is 4.98 Å². The van der Waals surface area contributed by atoms with Gasteiger partial charge in [-0.05, 0) is 24.1 Å². The number of amides is 1. The number of carbonyl (C=O) groups is 1. The Balaban J connectivity index is 1.48. The van der Waals surface area contributed by atoms with Gasteiger partial charge in [0.2, 0.25) is 0 Å². The molecule has 1 aromatic heterocycles. The van der Waals surface area contributed by atoms with Crippen LogP contribution in [-0.2, 0) is 13.0 Å². The van der Waals surface area contributed by atoms with Gasteiger partial charge >= 0.3 is 0 Å². The van der Waals surface area contributed by atoms with E-state index in [0.29, 0.717) is 18.7 Å². The maximum absolute atomic E-state index is 12.1. The highest BCUT2D eigenvalue weighted by Gasteiger charge is 2.08. The average Bonchev–Trinajstić information content (AvgIpc) is 3.25. The van der Waals surface area contributed by atoms with Crippen LogP contribution in [0.3, 0.4) is 0 Å². The predicted molar refractivity (Wildman–Crippen MR) is 124 cm³/mol. The van der Waals surface area contributed by atoms with E-state index in [9.17, 15) is 4.79 Å². The van der Waals surface area contributed by atoms with Crippen molar-refractivity contribution in [2.24, 2.45) is 4.99 Å². The fourth-order valence-corrected chi connectivity index (χ4v) is 3.77. The molecule has 156 valence electrons. The number of aromatic nitrogens is 1. The summed E-state index contributed by atoms with van der Waals surface area (Å²) in [6, 6.07) is 17.9. The Morgan fingerprint density at radius 1 is 1.10 bits per heavy atom. The van der Waals surface area contributed by atoms with Gasteiger partial charge in [0.05, 0.1) is 12.2 Å². The molecule has 0 aliphatic carbocycles. The highest BCUT2D eigenvalue weighted by Crippen LogP contribution is 2.23. The standard InChI is InChI=1S/C23H27N5OS/c1-24-23(25-13-12-17-8-7-11-19(14-17)22(29)28(2)3)26-15-20-16-30-21(27-20)18-9-5-4-6-10-18/h4-11,14,16H,12-13,15H2,1-3H3,(H2,24,25,26). The first-order valence-electron chi connectivity index (χ1n) is 9.81. The third-order valence-electron chi connectivity index (χ3n) is 4.52. The Morgan fingerprint density at radius 2 is 1.90 bits per heavy atom. The van der Waals surface area contributed by atoms with Gasteiger partial charge in [0, 0.05) is 44.2 Å². The van der Waals surface area contributed by atoms with E-state index in [1.807, 2.05) is 42.5 Å². The van der Waals surface area contributed by atoms with Crippen molar-refractivity contribution in [1.82, 2.24) is 20.5 Å². The second-order valence-electron chi connectivity index (χ2n) is 7.01. The number of aliphatic imine (C=N–C) groups is 1. The van der Waals surface area contributed by atoms with Crippen molar-refractivity contribution in [2.45, 2.75) is 13.0 Å². The Kier molecular flexibility index (Phi) is 7.57. The van der Waals surface area contributed by atoms with Gasteiger partial charge in [-0.1, -0.05) is 42.5 Å². The maximum Gasteiger partial charge on any atom is 0.253 e. The molecule has 3 aromatic rings. The summed E-state index contributed by atoms with van der Waals surface area (Å²) in [5.41, 5.74) is 3.93. The molecule has 0 saturated carbocycles. The van der Waals surface area contributed by atoms with Crippen molar-refractivity contribution < 1.29 is 4.79 Å². The summed E-state index contributed by atoms with van der Waals surface area (Å²) in [6.45, 7) is 1.32. The van der Waals surface area contributed by atoms with E-state index in [2.05, 4.69) is 33.1 Å². The van der Waals surface area contributed by atoms with Crippen LogP contribution < -0.4 is 10.6 Å². The minimum absolute atomic E-state index is 0.0143. The van der Waals surface area contributed by atoms with E-state index in [0.717, 1.165) is 34.2 Å². The molecular formula is C23H27N5OS. The molecule has 30 heavy (non-hydrogen) atoms. The first kappa shape index (κ1) is 21.5. The zero-order valence-electron chi connectivity index (χ0n) is 17.6. The maximum atomic E-state index is 12.1. The minimum Gasteiger partial charge on any atom is -0.356 e. The van der Waals surface area contributed by atoms with Crippen molar-refractivity contribution in [1.29, 1.82) is 0 Å². The topological polar surface area (TPSA) is 69.6 Å². The SMILES string of the molecule is CN=C(NCCc1cccc(C(=O)N(C)C)c1)NCc1csc(-c2ccccc2)n1. The lowest BCUT2D eigenvalue weighted by atomic mass is 10.1. The number of guanidine groups is 1. The molecule has 0 aliphatic rings. The average molecular weight is 422 g/mol. The molecule has 0 spiro atoms. The largest absolute Gasteiger partial charge is 0.356 e. The van der Waals surface area contributed by atoms with E-state index >= 15 is 0 Å². The van der Waals surface area contributed by atoms with E-state index in [1.165, 1.54) is 0 Å². The number of thiazole rings is 1. The second kappa shape index (κ2) is 10.5. The molecule has 2 aromatic carbocycles. The van der Waals surface area contributed by atoms with Gasteiger partial charge in [0.15, 0.2) is 5.96 Å². The minimum atomic E-state index is 0.0143. The number of nitrogens with one attached hydrogen (secondary N) is 2. The number of nitrogens with zero attached hydrogens (tertiary/aromatic N) is 3. The molecule has 1 heterocycles. The van der Waals surface area contributed by atoms with Gasteiger partial charge in [-0.3, -0.25) is 9.79 Å². The summed E-state index contributed by atoms with van der Waals surface area (Å²) in [4.78, 5) is 22.7. The van der Waals surface area contributed by atoms with E-state index in [4.69, 9.17) is 4.98 Å². The van der Waals surface area contributed by atoms with E-state index in [-0.39, 0.29) is 5.91 Å². The first-order chi connectivity index (χ1) is 14.6. The summed E-state index contributed by atoms with van der Waals surface area (Å²) in [5.74, 6) is 0.741. The van der Waals surface area contributed by atoms with Crippen LogP contribution in [0.1, 0.15) is 21.6 Å². The summed E-state index contributed by atoms with van der Waals surface area (Å²) in [6.07, 6.45) is 0.796. The molecule has 0 aliphatic heterocycles. The number of hydrogen-bond acceptors (Lipinski definition) is 4. The van der Waals surface area contributed by atoms with Gasteiger partial charge in [-0.2, -0.15) is 0 Å². The number of hydrogen-bond donors (Lipinski definition) is 2. The quantitative estimate of drug-likeness (QED) is 0.453. The Bertz CT molecular complexity index is 998. The fraction of sp³-hybridized carbons (Fsp3) is 0.261. The second-order valence-corrected chi connectivity index (χ2v) is 7.87. The molecule has 3 rings (SSSR count). The van der Waals surface area contributed by atoms with Crippen LogP contribution in [0.5, 0.6) is 0 Å². The van der Waals surface area contributed by atoms with Crippen LogP contribution in [0.4, 0.5) is 0 Å². The third-order valence-corrected chi connectivity index (χ3v) is 5.46. The van der Waals surface area contributed by atoms with E-state index in [1.54, 1.807) is 37.4 Å². The predicted octanol–water partition coefficient (Wildman–Crippen LogP) is 3.42. The van der Waals surface area contributed by atoms with Crippen molar-refractivity contribution in [3.63, 3.8) is 0 Å². The van der Waals surface area contributed by atoms with Crippen molar-refractivity contribution >= 4 is 23.2 Å². The Labute approximate surface area is 181 Å². The van der Waals surface area contributed by atoms with Crippen molar-refractivity contribution in [3.05, 3.63) is 76.8 Å². The van der Waals surface area contributed by atoms with Crippen LogP contribution in [-0.4, -0.2) is 49.4 Å². The molecular weight excluding hydrogens is 394 g/mol. The van der Waals surface area contributed by atoms with Crippen molar-refractivity contribution in [3.8, 4) is 10.6 Å². The van der Waals surface area contributed by atoms with E-state index < -0.39 is 0 Å². The highest BCUT2D eigenvalue weighted by molar-refractivity contribution is 7.13. The zero-order chi connectivity index (χ0) is 21.3. The highest BCUT2D eigenvalue weighted by atomic mass is 32.1. The monoisotopic (exact) mass is 421 g/mol. The molecule has 2 N–H and O–H groups in total. The molecule has 0 atom stereocenters. The molecule has 6 nitrogen and oxygen atoms in total. The number of rotatable bonds is 7. The van der Waals surface area contributed by atoms with Crippen LogP contribution in [0, 0.1) is 0 Å². The fourth-order valence-electron chi connectivity index (χ4n) is 2.94. The van der Waals surface area contributed by atoms with Gasteiger partial charge in [0.1, 0.15) is 5.01 Å². The summed E-state index contributed by atoms with van der Waals surface area (Å²) in [5, 5.41) is 9.70. The zero-order valence-corrected chi connectivity index (χ0v) is 18.4. The number of benzene rings is 2. The van der Waals surface area contributed by atoms with Crippen LogP contribution >= 0.6 is 11.3 Å². The normalized spacial score (nSPS) is 11.2. The van der Waals surface area contributed by atoms with Gasteiger partial charge in [-0.15, -0.1) is 11.3 Å². The molecule has 0 radical (unpaired) electrons. The van der Waals surface area contributed by atoms with Crippen molar-refractivity contribution in [2.75, 3.05) is 27.7 Å². The lowest BCUT2D eigenvalue weighted by molar-refractivity contribution is 0.0827. The smallest absolute Gasteiger partial charge is 0.253 e. The molecule has 0 bridgehead atoms. The number of carbonyl (C=O) groups excluding carboxylic acids is 1. The van der Waals surface area contributed by atoms with Gasteiger partial charge < -0.3 is 15.5 Å². The third kappa shape index (κ3) is 5.90. The van der Waals surface area contributed by atoms with Crippen LogP contribution in [0.2, 0.25) is 0 Å². The Morgan fingerprint density at radius 3 is 2.63 bits per heavy atom. The summed E-state index contributed by atoms with van der Waals surface area (Å²) < 4.78 is 0. The molecule has 1 amide bonds. The summed E-state index contributed by atoms with van der Waals surface area (Å²) in [7, 11) is 5.27. The molecule has 0 fully saturated rings. The van der Waals surface area contributed by atoms with Crippen LogP contribution in [0.15, 0.2) is 65.0 Å². The van der Waals surface area contributed by atoms with Gasteiger partial charge in [0.25, 0.3) is 5.91 Å². The lowest BCUT2D eigenvalue weighted by Gasteiger charge is -2.13. The lowest BCUT2D eigenvalue weighted by Crippen LogP contribution is -2.37. The van der Waals surface area contributed by atoms with Crippen LogP contribution in [0.25, 0.3) is 10.6 Å². The summed E-state index contributed by atoms with van der Waals surface area (Å²) >= 11 is 1.64.